The maximum Gasteiger partial charge on any atom is 0.159 e. The van der Waals surface area contributed by atoms with Crippen LogP contribution in [0.5, 0.6) is 0 Å². The molecule has 0 saturated carbocycles. The van der Waals surface area contributed by atoms with Crippen molar-refractivity contribution in [3.05, 3.63) is 23.3 Å². The van der Waals surface area contributed by atoms with Gasteiger partial charge >= 0.3 is 0 Å². The number of carbonyl (C=O) groups excluding carboxylic acids is 2. The normalized spacial score (nSPS) is 25.3. The first-order valence-electron chi connectivity index (χ1n) is 5.70. The van der Waals surface area contributed by atoms with Crippen LogP contribution in [0, 0.1) is 11.3 Å². The molecule has 0 bridgehead atoms. The van der Waals surface area contributed by atoms with E-state index in [-0.39, 0.29) is 17.0 Å². The van der Waals surface area contributed by atoms with Gasteiger partial charge in [-0.15, -0.1) is 0 Å². The maximum atomic E-state index is 11.8. The van der Waals surface area contributed by atoms with Gasteiger partial charge in [-0.25, -0.2) is 0 Å². The summed E-state index contributed by atoms with van der Waals surface area (Å²) in [6, 6.07) is 0. The lowest BCUT2D eigenvalue weighted by Crippen LogP contribution is -2.32. The van der Waals surface area contributed by atoms with Gasteiger partial charge in [0.2, 0.25) is 0 Å². The van der Waals surface area contributed by atoms with Gasteiger partial charge in [-0.2, -0.15) is 0 Å². The van der Waals surface area contributed by atoms with Gasteiger partial charge in [0, 0.05) is 6.42 Å². The molecular weight excluding hydrogens is 200 g/mol. The van der Waals surface area contributed by atoms with Crippen molar-refractivity contribution in [3.63, 3.8) is 0 Å². The van der Waals surface area contributed by atoms with Gasteiger partial charge in [0.1, 0.15) is 0 Å². The number of Topliss-reactive ketones (excluding diaryl/α,β-unsaturated/α-hetero) is 1. The Morgan fingerprint density at radius 2 is 2.00 bits per heavy atom. The van der Waals surface area contributed by atoms with E-state index >= 15 is 0 Å². The van der Waals surface area contributed by atoms with E-state index in [0.717, 1.165) is 11.1 Å². The molecule has 1 rings (SSSR count). The number of rotatable bonds is 2. The van der Waals surface area contributed by atoms with Gasteiger partial charge in [0.15, 0.2) is 11.6 Å². The standard InChI is InChI=1S/C14H20O2/c1-9-8-13(16)11(3)12(14(9,4)5)7-6-10(2)15/h6-7,9H,8H2,1-5H3. The Kier molecular flexibility index (Phi) is 3.51. The highest BCUT2D eigenvalue weighted by Gasteiger charge is 2.36. The van der Waals surface area contributed by atoms with Gasteiger partial charge in [-0.05, 0) is 42.4 Å². The lowest BCUT2D eigenvalue weighted by Gasteiger charge is -2.38. The minimum absolute atomic E-state index is 0.0155. The van der Waals surface area contributed by atoms with Gasteiger partial charge in [0.25, 0.3) is 0 Å². The van der Waals surface area contributed by atoms with Crippen molar-refractivity contribution in [2.45, 2.75) is 41.0 Å². The van der Waals surface area contributed by atoms with Crippen LogP contribution in [0.2, 0.25) is 0 Å². The molecular formula is C14H20O2. The van der Waals surface area contributed by atoms with E-state index in [0.29, 0.717) is 12.3 Å². The van der Waals surface area contributed by atoms with Gasteiger partial charge < -0.3 is 0 Å². The number of ketones is 2. The summed E-state index contributed by atoms with van der Waals surface area (Å²) in [5, 5.41) is 0. The summed E-state index contributed by atoms with van der Waals surface area (Å²) in [5.74, 6) is 0.534. The second-order valence-corrected chi connectivity index (χ2v) is 5.23. The summed E-state index contributed by atoms with van der Waals surface area (Å²) in [5.41, 5.74) is 1.77. The zero-order valence-electron chi connectivity index (χ0n) is 10.8. The third-order valence-electron chi connectivity index (χ3n) is 3.72. The Morgan fingerprint density at radius 1 is 1.44 bits per heavy atom. The molecule has 2 nitrogen and oxygen atoms in total. The quantitative estimate of drug-likeness (QED) is 0.670. The Balaban J connectivity index is 3.22. The molecule has 88 valence electrons. The largest absolute Gasteiger partial charge is 0.295 e. The molecule has 0 aromatic carbocycles. The summed E-state index contributed by atoms with van der Waals surface area (Å²) in [6.07, 6.45) is 3.97. The predicted molar refractivity (Wildman–Crippen MR) is 65.1 cm³/mol. The molecule has 16 heavy (non-hydrogen) atoms. The highest BCUT2D eigenvalue weighted by Crippen LogP contribution is 2.43. The van der Waals surface area contributed by atoms with E-state index in [2.05, 4.69) is 20.8 Å². The average Bonchev–Trinajstić information content (AvgIpc) is 2.14. The third kappa shape index (κ3) is 2.31. The summed E-state index contributed by atoms with van der Waals surface area (Å²) in [6.45, 7) is 9.73. The first-order chi connectivity index (χ1) is 7.26. The van der Waals surface area contributed by atoms with Crippen LogP contribution in [-0.2, 0) is 9.59 Å². The highest BCUT2D eigenvalue weighted by molar-refractivity contribution is 5.98. The zero-order chi connectivity index (χ0) is 12.5. The number of allylic oxidation sites excluding steroid dienone is 4. The van der Waals surface area contributed by atoms with Gasteiger partial charge in [-0.3, -0.25) is 9.59 Å². The highest BCUT2D eigenvalue weighted by atomic mass is 16.1. The van der Waals surface area contributed by atoms with Crippen LogP contribution in [0.1, 0.15) is 41.0 Å². The van der Waals surface area contributed by atoms with Crippen molar-refractivity contribution in [1.82, 2.24) is 0 Å². The second-order valence-electron chi connectivity index (χ2n) is 5.23. The molecule has 0 heterocycles. The van der Waals surface area contributed by atoms with Crippen molar-refractivity contribution in [2.24, 2.45) is 11.3 Å². The van der Waals surface area contributed by atoms with Gasteiger partial charge in [0.05, 0.1) is 0 Å². The van der Waals surface area contributed by atoms with Crippen LogP contribution in [0.25, 0.3) is 0 Å². The first-order valence-corrected chi connectivity index (χ1v) is 5.70. The second kappa shape index (κ2) is 4.36. The van der Waals surface area contributed by atoms with E-state index in [4.69, 9.17) is 0 Å². The van der Waals surface area contributed by atoms with E-state index in [1.807, 2.05) is 13.0 Å². The summed E-state index contributed by atoms with van der Waals surface area (Å²) in [4.78, 5) is 22.7. The molecule has 0 radical (unpaired) electrons. The van der Waals surface area contributed by atoms with Gasteiger partial charge in [-0.1, -0.05) is 26.8 Å². The number of hydrogen-bond acceptors (Lipinski definition) is 2. The Morgan fingerprint density at radius 3 is 2.50 bits per heavy atom. The summed E-state index contributed by atoms with van der Waals surface area (Å²) in [7, 11) is 0. The molecule has 0 aromatic heterocycles. The minimum atomic E-state index is -0.0378. The molecule has 0 saturated heterocycles. The fourth-order valence-corrected chi connectivity index (χ4v) is 2.13. The molecule has 1 atom stereocenters. The third-order valence-corrected chi connectivity index (χ3v) is 3.72. The molecule has 0 aromatic rings. The molecule has 1 aliphatic carbocycles. The predicted octanol–water partition coefficient (Wildman–Crippen LogP) is 3.08. The van der Waals surface area contributed by atoms with E-state index in [1.54, 1.807) is 6.08 Å². The first kappa shape index (κ1) is 12.9. The fraction of sp³-hybridized carbons (Fsp3) is 0.571. The van der Waals surface area contributed by atoms with E-state index in [1.165, 1.54) is 6.92 Å². The zero-order valence-corrected chi connectivity index (χ0v) is 10.8. The van der Waals surface area contributed by atoms with E-state index < -0.39 is 0 Å². The number of hydrogen-bond donors (Lipinski definition) is 0. The fourth-order valence-electron chi connectivity index (χ4n) is 2.13. The van der Waals surface area contributed by atoms with E-state index in [9.17, 15) is 9.59 Å². The molecule has 0 fully saturated rings. The Bertz CT molecular complexity index is 384. The van der Waals surface area contributed by atoms with Crippen LogP contribution in [0.4, 0.5) is 0 Å². The van der Waals surface area contributed by atoms with Crippen LogP contribution >= 0.6 is 0 Å². The van der Waals surface area contributed by atoms with Crippen LogP contribution in [0.3, 0.4) is 0 Å². The summed E-state index contributed by atoms with van der Waals surface area (Å²) < 4.78 is 0. The topological polar surface area (TPSA) is 34.1 Å². The number of carbonyl (C=O) groups is 2. The lowest BCUT2D eigenvalue weighted by molar-refractivity contribution is -0.118. The Labute approximate surface area is 97.4 Å². The monoisotopic (exact) mass is 220 g/mol. The molecule has 0 amide bonds. The molecule has 1 aliphatic rings. The maximum absolute atomic E-state index is 11.8. The SMILES string of the molecule is CC(=O)C=CC1=C(C)C(=O)CC(C)C1(C)C. The van der Waals surface area contributed by atoms with Crippen LogP contribution < -0.4 is 0 Å². The lowest BCUT2D eigenvalue weighted by atomic mass is 9.66. The molecule has 0 aliphatic heterocycles. The smallest absolute Gasteiger partial charge is 0.159 e. The molecule has 0 N–H and O–H groups in total. The molecule has 1 unspecified atom stereocenters. The van der Waals surface area contributed by atoms with Crippen molar-refractivity contribution in [2.75, 3.05) is 0 Å². The van der Waals surface area contributed by atoms with Crippen molar-refractivity contribution >= 4 is 11.6 Å². The Hall–Kier alpha value is -1.18. The summed E-state index contributed by atoms with van der Waals surface area (Å²) >= 11 is 0. The van der Waals surface area contributed by atoms with Crippen molar-refractivity contribution in [1.29, 1.82) is 0 Å². The van der Waals surface area contributed by atoms with Crippen LogP contribution in [0.15, 0.2) is 23.3 Å². The van der Waals surface area contributed by atoms with Crippen molar-refractivity contribution in [3.8, 4) is 0 Å². The molecule has 0 spiro atoms. The molecule has 2 heteroatoms. The average molecular weight is 220 g/mol. The van der Waals surface area contributed by atoms with Crippen LogP contribution in [-0.4, -0.2) is 11.6 Å². The van der Waals surface area contributed by atoms with Crippen molar-refractivity contribution < 1.29 is 9.59 Å². The minimum Gasteiger partial charge on any atom is -0.295 e.